The number of pyridine rings is 1. The van der Waals surface area contributed by atoms with Crippen LogP contribution in [0.4, 0.5) is 11.5 Å². The molecular formula is C26H21N7O4S. The standard InChI is InChI=1S/C26H21N7O4S/c27-22-10-21-15(11-28-22)8-16(38-21)12-30-24(34)19-6-7-23-29-13-18(26(36)33(19)23)31-25(35)20-9-17(32-37-20)14-4-2-1-3-5-14/h1-5,8-11,13,19H,6-7,12H2,(H2,27,28)(H,30,34)(H,31,35)/t19-/m0/s1. The highest BCUT2D eigenvalue weighted by molar-refractivity contribution is 7.19. The van der Waals surface area contributed by atoms with Gasteiger partial charge in [-0.3, -0.25) is 19.0 Å². The van der Waals surface area contributed by atoms with Crippen molar-refractivity contribution in [3.63, 3.8) is 0 Å². The summed E-state index contributed by atoms with van der Waals surface area (Å²) in [6, 6.07) is 13.8. The van der Waals surface area contributed by atoms with Gasteiger partial charge < -0.3 is 20.9 Å². The van der Waals surface area contributed by atoms with Crippen molar-refractivity contribution < 1.29 is 14.1 Å². The van der Waals surface area contributed by atoms with Crippen LogP contribution in [0, 0.1) is 0 Å². The van der Waals surface area contributed by atoms with E-state index in [1.54, 1.807) is 12.3 Å². The number of carbonyl (C=O) groups is 2. The van der Waals surface area contributed by atoms with Gasteiger partial charge in [0.25, 0.3) is 11.5 Å². The number of nitrogens with two attached hydrogens (primary N) is 1. The Morgan fingerprint density at radius 2 is 1.97 bits per heavy atom. The number of fused-ring (bicyclic) bond motifs is 2. The molecular weight excluding hydrogens is 506 g/mol. The molecule has 2 amide bonds. The molecule has 1 aliphatic heterocycles. The molecule has 6 rings (SSSR count). The highest BCUT2D eigenvalue weighted by atomic mass is 32.1. The van der Waals surface area contributed by atoms with Gasteiger partial charge in [0.1, 0.15) is 29.1 Å². The molecule has 0 aliphatic carbocycles. The summed E-state index contributed by atoms with van der Waals surface area (Å²) in [5, 5.41) is 10.3. The number of nitrogens with one attached hydrogen (secondary N) is 2. The number of aromatic nitrogens is 4. The minimum Gasteiger partial charge on any atom is -0.384 e. The molecule has 0 fully saturated rings. The van der Waals surface area contributed by atoms with Crippen LogP contribution in [-0.4, -0.2) is 31.5 Å². The van der Waals surface area contributed by atoms with Crippen molar-refractivity contribution in [1.82, 2.24) is 25.0 Å². The van der Waals surface area contributed by atoms with Gasteiger partial charge in [0.2, 0.25) is 11.7 Å². The number of hydrogen-bond acceptors (Lipinski definition) is 9. The van der Waals surface area contributed by atoms with Crippen molar-refractivity contribution in [2.24, 2.45) is 0 Å². The Bertz CT molecular complexity index is 1740. The molecule has 1 aromatic carbocycles. The molecule has 5 aromatic rings. The van der Waals surface area contributed by atoms with Gasteiger partial charge in [-0.15, -0.1) is 11.3 Å². The number of hydrogen-bond donors (Lipinski definition) is 3. The van der Waals surface area contributed by atoms with Gasteiger partial charge >= 0.3 is 0 Å². The Balaban J connectivity index is 1.17. The highest BCUT2D eigenvalue weighted by Gasteiger charge is 2.31. The molecule has 1 aliphatic rings. The average molecular weight is 528 g/mol. The number of thiophene rings is 1. The molecule has 0 saturated carbocycles. The fourth-order valence-corrected chi connectivity index (χ4v) is 5.45. The number of carbonyl (C=O) groups excluding carboxylic acids is 2. The second kappa shape index (κ2) is 9.56. The van der Waals surface area contributed by atoms with Crippen LogP contribution < -0.4 is 21.9 Å². The minimum absolute atomic E-state index is 0.0503. The van der Waals surface area contributed by atoms with Crippen molar-refractivity contribution in [1.29, 1.82) is 0 Å². The molecule has 12 heteroatoms. The smallest absolute Gasteiger partial charge is 0.294 e. The van der Waals surface area contributed by atoms with Gasteiger partial charge in [-0.1, -0.05) is 35.5 Å². The maximum atomic E-state index is 13.3. The van der Waals surface area contributed by atoms with E-state index < -0.39 is 17.5 Å². The normalized spacial score (nSPS) is 14.4. The first-order valence-electron chi connectivity index (χ1n) is 11.8. The van der Waals surface area contributed by atoms with Crippen LogP contribution in [0.2, 0.25) is 0 Å². The van der Waals surface area contributed by atoms with E-state index in [0.717, 1.165) is 20.5 Å². The number of rotatable bonds is 6. The number of nitrogens with zero attached hydrogens (tertiary/aromatic N) is 4. The maximum absolute atomic E-state index is 13.3. The summed E-state index contributed by atoms with van der Waals surface area (Å²) >= 11 is 1.52. The Labute approximate surface area is 219 Å². The van der Waals surface area contributed by atoms with E-state index in [0.29, 0.717) is 36.7 Å². The van der Waals surface area contributed by atoms with Gasteiger partial charge in [-0.2, -0.15) is 0 Å². The van der Waals surface area contributed by atoms with Crippen molar-refractivity contribution in [3.8, 4) is 11.3 Å². The Morgan fingerprint density at radius 3 is 2.82 bits per heavy atom. The first-order valence-corrected chi connectivity index (χ1v) is 12.6. The summed E-state index contributed by atoms with van der Waals surface area (Å²) in [6.45, 7) is 0.303. The van der Waals surface area contributed by atoms with Crippen LogP contribution in [-0.2, 0) is 17.8 Å². The zero-order valence-corrected chi connectivity index (χ0v) is 20.7. The topological polar surface area (TPSA) is 158 Å². The average Bonchev–Trinajstić information content (AvgIpc) is 3.67. The summed E-state index contributed by atoms with van der Waals surface area (Å²) in [7, 11) is 0. The van der Waals surface area contributed by atoms with E-state index in [1.165, 1.54) is 28.2 Å². The first-order chi connectivity index (χ1) is 18.5. The monoisotopic (exact) mass is 527 g/mol. The van der Waals surface area contributed by atoms with Crippen LogP contribution >= 0.6 is 11.3 Å². The van der Waals surface area contributed by atoms with E-state index >= 15 is 0 Å². The summed E-state index contributed by atoms with van der Waals surface area (Å²) in [5.41, 5.74) is 6.48. The third-order valence-corrected chi connectivity index (χ3v) is 7.39. The van der Waals surface area contributed by atoms with Crippen molar-refractivity contribution >= 4 is 44.7 Å². The third-order valence-electron chi connectivity index (χ3n) is 6.29. The zero-order chi connectivity index (χ0) is 26.2. The summed E-state index contributed by atoms with van der Waals surface area (Å²) in [4.78, 5) is 48.4. The van der Waals surface area contributed by atoms with E-state index in [4.69, 9.17) is 10.3 Å². The first kappa shape index (κ1) is 23.6. The van der Waals surface area contributed by atoms with Crippen LogP contribution in [0.5, 0.6) is 0 Å². The Kier molecular flexibility index (Phi) is 5.92. The van der Waals surface area contributed by atoms with Gasteiger partial charge in [0.15, 0.2) is 0 Å². The van der Waals surface area contributed by atoms with Crippen LogP contribution in [0.15, 0.2) is 70.2 Å². The molecule has 5 heterocycles. The van der Waals surface area contributed by atoms with Crippen LogP contribution in [0.3, 0.4) is 0 Å². The van der Waals surface area contributed by atoms with Crippen molar-refractivity contribution in [2.45, 2.75) is 25.4 Å². The molecule has 4 N–H and O–H groups in total. The fourth-order valence-electron chi connectivity index (χ4n) is 4.43. The van der Waals surface area contributed by atoms with Crippen molar-refractivity contribution in [3.05, 3.63) is 87.7 Å². The maximum Gasteiger partial charge on any atom is 0.294 e. The molecule has 0 saturated heterocycles. The quantitative estimate of drug-likeness (QED) is 0.304. The number of benzene rings is 1. The molecule has 0 unspecified atom stereocenters. The van der Waals surface area contributed by atoms with Crippen LogP contribution in [0.25, 0.3) is 21.3 Å². The molecule has 11 nitrogen and oxygen atoms in total. The predicted molar refractivity (Wildman–Crippen MR) is 142 cm³/mol. The number of anilines is 2. The third kappa shape index (κ3) is 4.41. The lowest BCUT2D eigenvalue weighted by Gasteiger charge is -2.15. The van der Waals surface area contributed by atoms with Gasteiger partial charge in [0.05, 0.1) is 12.7 Å². The molecule has 0 spiro atoms. The minimum atomic E-state index is -0.733. The fraction of sp³-hybridized carbons (Fsp3) is 0.154. The van der Waals surface area contributed by atoms with Gasteiger partial charge in [-0.25, -0.2) is 9.97 Å². The van der Waals surface area contributed by atoms with Gasteiger partial charge in [0, 0.05) is 39.2 Å². The zero-order valence-electron chi connectivity index (χ0n) is 19.9. The molecule has 0 radical (unpaired) electrons. The lowest BCUT2D eigenvalue weighted by molar-refractivity contribution is -0.124. The van der Waals surface area contributed by atoms with E-state index in [-0.39, 0.29) is 17.4 Å². The lowest BCUT2D eigenvalue weighted by Crippen LogP contribution is -2.36. The van der Waals surface area contributed by atoms with Gasteiger partial charge in [-0.05, 0) is 18.6 Å². The molecule has 4 aromatic heterocycles. The lowest BCUT2D eigenvalue weighted by atomic mass is 10.1. The van der Waals surface area contributed by atoms with Crippen LogP contribution in [0.1, 0.15) is 33.7 Å². The second-order valence-corrected chi connectivity index (χ2v) is 9.96. The predicted octanol–water partition coefficient (Wildman–Crippen LogP) is 3.15. The summed E-state index contributed by atoms with van der Waals surface area (Å²) in [5.74, 6) is -0.0647. The summed E-state index contributed by atoms with van der Waals surface area (Å²) in [6.07, 6.45) is 3.90. The molecule has 190 valence electrons. The Hall–Kier alpha value is -4.84. The number of aryl methyl sites for hydroxylation is 1. The van der Waals surface area contributed by atoms with E-state index in [9.17, 15) is 14.4 Å². The SMILES string of the molecule is Nc1cc2sc(CNC(=O)[C@@H]3CCc4ncc(NC(=O)c5cc(-c6ccccc6)no5)c(=O)n43)cc2cn1. The van der Waals surface area contributed by atoms with Crippen molar-refractivity contribution in [2.75, 3.05) is 11.1 Å². The highest BCUT2D eigenvalue weighted by Crippen LogP contribution is 2.27. The summed E-state index contributed by atoms with van der Waals surface area (Å²) < 4.78 is 7.51. The molecule has 0 bridgehead atoms. The Morgan fingerprint density at radius 1 is 1.13 bits per heavy atom. The molecule has 38 heavy (non-hydrogen) atoms. The van der Waals surface area contributed by atoms with E-state index in [1.807, 2.05) is 36.4 Å². The number of amides is 2. The second-order valence-electron chi connectivity index (χ2n) is 8.79. The largest absolute Gasteiger partial charge is 0.384 e. The number of nitrogen functional groups attached to an aromatic ring is 1. The molecule has 1 atom stereocenters. The van der Waals surface area contributed by atoms with E-state index in [2.05, 4.69) is 25.8 Å².